The molecule has 7 atom stereocenters. The molecule has 1 aromatic rings. The molecule has 0 heterocycles. The van der Waals surface area contributed by atoms with Crippen LogP contribution in [0.15, 0.2) is 41.3 Å². The standard InChI is InChI=1S/C22H28O3S/c1-4-16-14(3)11-19-17(16)9-10-18-20(19)12-21(23)22(18)26(24,25)15-7-5-13(2)6-8-15/h5-10,14,16-20,22H,4,11-12H2,1-3H3/t14-,16-,17+,18+,19+,20+,22-/m1/s1. The number of hydrogen-bond acceptors (Lipinski definition) is 3. The molecule has 3 aliphatic rings. The largest absolute Gasteiger partial charge is 0.298 e. The predicted octanol–water partition coefficient (Wildman–Crippen LogP) is 4.21. The minimum absolute atomic E-state index is 0.0847. The summed E-state index contributed by atoms with van der Waals surface area (Å²) in [6.45, 7) is 6.49. The maximum absolute atomic E-state index is 13.2. The Labute approximate surface area is 156 Å². The van der Waals surface area contributed by atoms with Crippen molar-refractivity contribution in [3.63, 3.8) is 0 Å². The first-order valence-corrected chi connectivity index (χ1v) is 11.4. The molecule has 26 heavy (non-hydrogen) atoms. The van der Waals surface area contributed by atoms with Crippen LogP contribution in [0.4, 0.5) is 0 Å². The molecule has 0 aliphatic heterocycles. The third kappa shape index (κ3) is 2.60. The topological polar surface area (TPSA) is 51.2 Å². The summed E-state index contributed by atoms with van der Waals surface area (Å²) < 4.78 is 26.5. The number of fused-ring (bicyclic) bond motifs is 3. The summed E-state index contributed by atoms with van der Waals surface area (Å²) in [5, 5.41) is -0.900. The third-order valence-electron chi connectivity index (χ3n) is 7.22. The second kappa shape index (κ2) is 6.33. The van der Waals surface area contributed by atoms with Crippen LogP contribution in [0.5, 0.6) is 0 Å². The zero-order valence-corrected chi connectivity index (χ0v) is 16.6. The monoisotopic (exact) mass is 372 g/mol. The highest BCUT2D eigenvalue weighted by Gasteiger charge is 2.56. The summed E-state index contributed by atoms with van der Waals surface area (Å²) >= 11 is 0. The van der Waals surface area contributed by atoms with Crippen molar-refractivity contribution in [2.45, 2.75) is 50.2 Å². The number of rotatable bonds is 3. The second-order valence-corrected chi connectivity index (χ2v) is 10.7. The van der Waals surface area contributed by atoms with Gasteiger partial charge in [-0.15, -0.1) is 0 Å². The lowest BCUT2D eigenvalue weighted by Gasteiger charge is -2.34. The molecule has 0 aromatic heterocycles. The van der Waals surface area contributed by atoms with E-state index in [2.05, 4.69) is 26.0 Å². The van der Waals surface area contributed by atoms with Gasteiger partial charge in [0.15, 0.2) is 15.6 Å². The highest BCUT2D eigenvalue weighted by molar-refractivity contribution is 7.92. The number of hydrogen-bond donors (Lipinski definition) is 0. The highest BCUT2D eigenvalue weighted by atomic mass is 32.2. The van der Waals surface area contributed by atoms with Crippen LogP contribution in [0.2, 0.25) is 0 Å². The van der Waals surface area contributed by atoms with E-state index in [1.807, 2.05) is 6.92 Å². The van der Waals surface area contributed by atoms with Crippen LogP contribution in [0.1, 0.15) is 38.7 Å². The molecule has 2 fully saturated rings. The van der Waals surface area contributed by atoms with Gasteiger partial charge in [0, 0.05) is 12.3 Å². The Morgan fingerprint density at radius 2 is 1.69 bits per heavy atom. The molecule has 140 valence electrons. The zero-order valence-electron chi connectivity index (χ0n) is 15.8. The van der Waals surface area contributed by atoms with Gasteiger partial charge in [-0.25, -0.2) is 8.42 Å². The zero-order chi connectivity index (χ0) is 18.6. The average molecular weight is 373 g/mol. The van der Waals surface area contributed by atoms with Crippen LogP contribution >= 0.6 is 0 Å². The number of ketones is 1. The molecule has 0 spiro atoms. The van der Waals surface area contributed by atoms with Crippen molar-refractivity contribution in [3.05, 3.63) is 42.0 Å². The van der Waals surface area contributed by atoms with E-state index < -0.39 is 15.1 Å². The van der Waals surface area contributed by atoms with Gasteiger partial charge in [-0.3, -0.25) is 4.79 Å². The van der Waals surface area contributed by atoms with Gasteiger partial charge >= 0.3 is 0 Å². The highest BCUT2D eigenvalue weighted by Crippen LogP contribution is 2.56. The predicted molar refractivity (Wildman–Crippen MR) is 102 cm³/mol. The molecule has 2 saturated carbocycles. The molecule has 3 nitrogen and oxygen atoms in total. The maximum Gasteiger partial charge on any atom is 0.188 e. The van der Waals surface area contributed by atoms with Gasteiger partial charge in [-0.05, 0) is 55.1 Å². The number of benzene rings is 1. The summed E-state index contributed by atoms with van der Waals surface area (Å²) in [5.41, 5.74) is 1.02. The molecular formula is C22H28O3S. The van der Waals surface area contributed by atoms with Crippen molar-refractivity contribution >= 4 is 15.6 Å². The van der Waals surface area contributed by atoms with Gasteiger partial charge in [-0.2, -0.15) is 0 Å². The minimum atomic E-state index is -3.64. The molecule has 0 saturated heterocycles. The molecular weight excluding hydrogens is 344 g/mol. The van der Waals surface area contributed by atoms with Crippen LogP contribution in [-0.4, -0.2) is 19.5 Å². The fourth-order valence-electron chi connectivity index (χ4n) is 5.99. The number of allylic oxidation sites excluding steroid dienone is 2. The molecule has 0 amide bonds. The van der Waals surface area contributed by atoms with E-state index in [9.17, 15) is 13.2 Å². The SMILES string of the molecule is CC[C@H]1[C@@H]2C=C[C@H]3[C@H](CC(=O)[C@@H]3S(=O)(=O)c3ccc(C)cc3)[C@H]2C[C@H]1C. The second-order valence-electron chi connectivity index (χ2n) is 8.60. The normalized spacial score (nSPS) is 39.0. The van der Waals surface area contributed by atoms with E-state index in [1.165, 1.54) is 0 Å². The molecule has 0 radical (unpaired) electrons. The molecule has 0 N–H and O–H groups in total. The lowest BCUT2D eigenvalue weighted by atomic mass is 9.71. The molecule has 1 aromatic carbocycles. The maximum atomic E-state index is 13.2. The third-order valence-corrected chi connectivity index (χ3v) is 9.40. The number of carbonyl (C=O) groups is 1. The molecule has 0 unspecified atom stereocenters. The Morgan fingerprint density at radius 1 is 1.04 bits per heavy atom. The Morgan fingerprint density at radius 3 is 2.35 bits per heavy atom. The van der Waals surface area contributed by atoms with Crippen LogP contribution < -0.4 is 0 Å². The minimum Gasteiger partial charge on any atom is -0.298 e. The van der Waals surface area contributed by atoms with Crippen LogP contribution in [0.3, 0.4) is 0 Å². The smallest absolute Gasteiger partial charge is 0.188 e. The Balaban J connectivity index is 1.69. The summed E-state index contributed by atoms with van der Waals surface area (Å²) in [4.78, 5) is 13.1. The lowest BCUT2D eigenvalue weighted by molar-refractivity contribution is -0.117. The fraction of sp³-hybridized carbons (Fsp3) is 0.591. The number of carbonyl (C=O) groups excluding carboxylic acids is 1. The first-order valence-electron chi connectivity index (χ1n) is 9.86. The average Bonchev–Trinajstić information content (AvgIpc) is 3.10. The number of sulfone groups is 1. The Bertz CT molecular complexity index is 837. The van der Waals surface area contributed by atoms with E-state index in [0.29, 0.717) is 30.1 Å². The van der Waals surface area contributed by atoms with Gasteiger partial charge in [0.05, 0.1) is 4.90 Å². The van der Waals surface area contributed by atoms with Crippen molar-refractivity contribution in [2.24, 2.45) is 35.5 Å². The van der Waals surface area contributed by atoms with Crippen molar-refractivity contribution < 1.29 is 13.2 Å². The van der Waals surface area contributed by atoms with E-state index in [4.69, 9.17) is 0 Å². The van der Waals surface area contributed by atoms with E-state index in [-0.39, 0.29) is 22.5 Å². The molecule has 4 rings (SSSR count). The van der Waals surface area contributed by atoms with Crippen molar-refractivity contribution in [1.82, 2.24) is 0 Å². The van der Waals surface area contributed by atoms with E-state index >= 15 is 0 Å². The van der Waals surface area contributed by atoms with Gasteiger partial charge in [0.1, 0.15) is 5.25 Å². The Hall–Kier alpha value is -1.42. The quantitative estimate of drug-likeness (QED) is 0.747. The van der Waals surface area contributed by atoms with Gasteiger partial charge in [-0.1, -0.05) is 50.1 Å². The molecule has 0 bridgehead atoms. The Kier molecular flexibility index (Phi) is 4.37. The van der Waals surface area contributed by atoms with Crippen LogP contribution in [0.25, 0.3) is 0 Å². The van der Waals surface area contributed by atoms with Crippen molar-refractivity contribution in [2.75, 3.05) is 0 Å². The van der Waals surface area contributed by atoms with Gasteiger partial charge < -0.3 is 0 Å². The summed E-state index contributed by atoms with van der Waals surface area (Å²) in [7, 11) is -3.64. The number of Topliss-reactive ketones (excluding diaryl/α,β-unsaturated/α-hetero) is 1. The summed E-state index contributed by atoms with van der Waals surface area (Å²) in [6.07, 6.45) is 7.03. The van der Waals surface area contributed by atoms with Crippen molar-refractivity contribution in [1.29, 1.82) is 0 Å². The first-order chi connectivity index (χ1) is 12.3. The van der Waals surface area contributed by atoms with Gasteiger partial charge in [0.2, 0.25) is 0 Å². The fourth-order valence-corrected chi connectivity index (χ4v) is 7.95. The van der Waals surface area contributed by atoms with Crippen LogP contribution in [-0.2, 0) is 14.6 Å². The van der Waals surface area contributed by atoms with E-state index in [0.717, 1.165) is 18.4 Å². The number of aryl methyl sites for hydroxylation is 1. The van der Waals surface area contributed by atoms with Crippen molar-refractivity contribution in [3.8, 4) is 0 Å². The molecule has 4 heteroatoms. The lowest BCUT2D eigenvalue weighted by Crippen LogP contribution is -2.35. The van der Waals surface area contributed by atoms with Gasteiger partial charge in [0.25, 0.3) is 0 Å². The molecule has 3 aliphatic carbocycles. The first kappa shape index (κ1) is 18.0. The summed E-state index contributed by atoms with van der Waals surface area (Å²) in [5.74, 6) is 2.26. The van der Waals surface area contributed by atoms with E-state index in [1.54, 1.807) is 24.3 Å². The van der Waals surface area contributed by atoms with Crippen LogP contribution in [0, 0.1) is 42.4 Å². The summed E-state index contributed by atoms with van der Waals surface area (Å²) in [6, 6.07) is 6.90.